The van der Waals surface area contributed by atoms with Crippen LogP contribution in [0.3, 0.4) is 0 Å². The van der Waals surface area contributed by atoms with Crippen LogP contribution in [-0.2, 0) is 4.74 Å². The van der Waals surface area contributed by atoms with E-state index in [2.05, 4.69) is 34.6 Å². The van der Waals surface area contributed by atoms with Crippen molar-refractivity contribution < 1.29 is 14.9 Å². The van der Waals surface area contributed by atoms with Crippen LogP contribution >= 0.6 is 0 Å². The molecule has 0 amide bonds. The van der Waals surface area contributed by atoms with Crippen LogP contribution in [-0.4, -0.2) is 35.1 Å². The zero-order valence-electron chi connectivity index (χ0n) is 17.3. The smallest absolute Gasteiger partial charge is 0.0967 e. The van der Waals surface area contributed by atoms with Gasteiger partial charge in [0.15, 0.2) is 0 Å². The molecule has 146 valence electrons. The average molecular weight is 353 g/mol. The fourth-order valence-corrected chi connectivity index (χ4v) is 6.02. The largest absolute Gasteiger partial charge is 0.392 e. The fraction of sp³-hybridized carbons (Fsp3) is 0.909. The first-order valence-electron chi connectivity index (χ1n) is 10.2. The van der Waals surface area contributed by atoms with Crippen molar-refractivity contribution in [1.82, 2.24) is 0 Å². The van der Waals surface area contributed by atoms with E-state index < -0.39 is 5.60 Å². The van der Waals surface area contributed by atoms with Gasteiger partial charge >= 0.3 is 0 Å². The van der Waals surface area contributed by atoms with Gasteiger partial charge in [-0.25, -0.2) is 0 Å². The van der Waals surface area contributed by atoms with E-state index in [1.807, 2.05) is 13.0 Å². The van der Waals surface area contributed by atoms with E-state index in [4.69, 9.17) is 9.84 Å². The van der Waals surface area contributed by atoms with Crippen molar-refractivity contribution >= 4 is 0 Å². The summed E-state index contributed by atoms with van der Waals surface area (Å²) in [5.74, 6) is 1.24. The van der Waals surface area contributed by atoms with Crippen molar-refractivity contribution in [2.75, 3.05) is 13.2 Å². The molecule has 3 nitrogen and oxygen atoms in total. The lowest BCUT2D eigenvalue weighted by Crippen LogP contribution is -2.66. The summed E-state index contributed by atoms with van der Waals surface area (Å²) in [5.41, 5.74) is 1.08. The molecule has 2 saturated carbocycles. The van der Waals surface area contributed by atoms with Crippen LogP contribution in [0.1, 0.15) is 80.1 Å². The van der Waals surface area contributed by atoms with Gasteiger partial charge in [-0.3, -0.25) is 0 Å². The molecular weight excluding hydrogens is 312 g/mol. The number of rotatable bonds is 6. The third-order valence-electron chi connectivity index (χ3n) is 8.23. The summed E-state index contributed by atoms with van der Waals surface area (Å²) >= 11 is 0. The first-order chi connectivity index (χ1) is 11.7. The van der Waals surface area contributed by atoms with Crippen molar-refractivity contribution in [2.45, 2.75) is 91.8 Å². The van der Waals surface area contributed by atoms with Crippen LogP contribution in [0.5, 0.6) is 0 Å². The van der Waals surface area contributed by atoms with Crippen LogP contribution in [0.25, 0.3) is 0 Å². The highest BCUT2D eigenvalue weighted by molar-refractivity contribution is 5.14. The van der Waals surface area contributed by atoms with E-state index >= 15 is 0 Å². The Morgan fingerprint density at radius 2 is 1.88 bits per heavy atom. The zero-order chi connectivity index (χ0) is 18.9. The van der Waals surface area contributed by atoms with E-state index in [-0.39, 0.29) is 23.5 Å². The maximum atomic E-state index is 10.8. The van der Waals surface area contributed by atoms with Gasteiger partial charge in [-0.1, -0.05) is 32.4 Å². The van der Waals surface area contributed by atoms with Gasteiger partial charge < -0.3 is 14.9 Å². The molecule has 3 heteroatoms. The van der Waals surface area contributed by atoms with Crippen LogP contribution in [0.4, 0.5) is 0 Å². The molecule has 2 rings (SSSR count). The summed E-state index contributed by atoms with van der Waals surface area (Å²) in [4.78, 5) is 0. The standard InChI is InChI=1S/C22H40O3/c1-7-25-22(6)19(24)9-8-18-20(4,13-10-16(2)12-15-23)17(3)11-14-21(18,22)5/h12,17-19,23-24H,7-11,13-15H2,1-6H3. The first-order valence-corrected chi connectivity index (χ1v) is 10.2. The number of ether oxygens (including phenoxy) is 1. The Balaban J connectivity index is 2.34. The Kier molecular flexibility index (Phi) is 6.44. The highest BCUT2D eigenvalue weighted by Crippen LogP contribution is 2.65. The van der Waals surface area contributed by atoms with Crippen LogP contribution in [0.15, 0.2) is 11.6 Å². The fourth-order valence-electron chi connectivity index (χ4n) is 6.02. The molecule has 2 aliphatic carbocycles. The third-order valence-corrected chi connectivity index (χ3v) is 8.23. The summed E-state index contributed by atoms with van der Waals surface area (Å²) < 4.78 is 6.25. The summed E-state index contributed by atoms with van der Waals surface area (Å²) in [5, 5.41) is 20.0. The number of hydrogen-bond donors (Lipinski definition) is 2. The van der Waals surface area contributed by atoms with E-state index in [0.29, 0.717) is 18.4 Å². The second kappa shape index (κ2) is 7.70. The Bertz CT molecular complexity index is 488. The van der Waals surface area contributed by atoms with Gasteiger partial charge in [0.1, 0.15) is 0 Å². The summed E-state index contributed by atoms with van der Waals surface area (Å²) in [6, 6.07) is 0. The monoisotopic (exact) mass is 352 g/mol. The molecule has 2 N–H and O–H groups in total. The van der Waals surface area contributed by atoms with E-state index in [1.54, 1.807) is 0 Å². The molecule has 0 aromatic rings. The first kappa shape index (κ1) is 20.9. The Labute approximate surface area is 154 Å². The minimum atomic E-state index is -0.456. The second-order valence-corrected chi connectivity index (χ2v) is 9.28. The highest BCUT2D eigenvalue weighted by Gasteiger charge is 2.63. The number of aliphatic hydroxyl groups is 2. The number of fused-ring (bicyclic) bond motifs is 1. The van der Waals surface area contributed by atoms with Crippen LogP contribution in [0.2, 0.25) is 0 Å². The summed E-state index contributed by atoms with van der Waals surface area (Å²) in [6.07, 6.45) is 8.01. The molecule has 0 aromatic heterocycles. The van der Waals surface area contributed by atoms with Gasteiger partial charge in [-0.05, 0) is 76.5 Å². The number of aliphatic hydroxyl groups excluding tert-OH is 2. The molecule has 2 aliphatic rings. The maximum absolute atomic E-state index is 10.8. The van der Waals surface area contributed by atoms with Crippen molar-refractivity contribution in [3.63, 3.8) is 0 Å². The summed E-state index contributed by atoms with van der Waals surface area (Å²) in [6.45, 7) is 14.4. The molecule has 25 heavy (non-hydrogen) atoms. The molecule has 2 fully saturated rings. The van der Waals surface area contributed by atoms with Crippen molar-refractivity contribution in [2.24, 2.45) is 22.7 Å². The Morgan fingerprint density at radius 1 is 1.20 bits per heavy atom. The van der Waals surface area contributed by atoms with Crippen molar-refractivity contribution in [3.05, 3.63) is 11.6 Å². The molecule has 0 saturated heterocycles. The van der Waals surface area contributed by atoms with Crippen molar-refractivity contribution in [3.8, 4) is 0 Å². The zero-order valence-corrected chi connectivity index (χ0v) is 17.3. The molecular formula is C22H40O3. The SMILES string of the molecule is CCOC1(C)C(O)CCC2C(C)(CCC(C)=CCO)C(C)CCC21C. The van der Waals surface area contributed by atoms with Gasteiger partial charge in [0.25, 0.3) is 0 Å². The van der Waals surface area contributed by atoms with Crippen molar-refractivity contribution in [1.29, 1.82) is 0 Å². The average Bonchev–Trinajstić information content (AvgIpc) is 2.55. The predicted molar refractivity (Wildman–Crippen MR) is 103 cm³/mol. The maximum Gasteiger partial charge on any atom is 0.0967 e. The van der Waals surface area contributed by atoms with Crippen LogP contribution < -0.4 is 0 Å². The highest BCUT2D eigenvalue weighted by atomic mass is 16.5. The number of hydrogen-bond acceptors (Lipinski definition) is 3. The molecule has 0 aliphatic heterocycles. The molecule has 0 aromatic carbocycles. The van der Waals surface area contributed by atoms with E-state index in [9.17, 15) is 5.11 Å². The van der Waals surface area contributed by atoms with Gasteiger partial charge in [-0.2, -0.15) is 0 Å². The Morgan fingerprint density at radius 3 is 2.48 bits per heavy atom. The van der Waals surface area contributed by atoms with Gasteiger partial charge in [0.05, 0.1) is 18.3 Å². The minimum absolute atomic E-state index is 0.0105. The minimum Gasteiger partial charge on any atom is -0.392 e. The van der Waals surface area contributed by atoms with E-state index in [1.165, 1.54) is 12.0 Å². The number of allylic oxidation sites excluding steroid dienone is 1. The lowest BCUT2D eigenvalue weighted by Gasteiger charge is -2.65. The normalized spacial score (nSPS) is 45.3. The van der Waals surface area contributed by atoms with E-state index in [0.717, 1.165) is 32.1 Å². The lowest BCUT2D eigenvalue weighted by atomic mass is 9.43. The molecule has 0 radical (unpaired) electrons. The molecule has 6 atom stereocenters. The van der Waals surface area contributed by atoms with Gasteiger partial charge in [0, 0.05) is 12.0 Å². The summed E-state index contributed by atoms with van der Waals surface area (Å²) in [7, 11) is 0. The predicted octanol–water partition coefficient (Wildman–Crippen LogP) is 4.71. The second-order valence-electron chi connectivity index (χ2n) is 9.28. The molecule has 0 spiro atoms. The quantitative estimate of drug-likeness (QED) is 0.680. The molecule has 0 heterocycles. The topological polar surface area (TPSA) is 49.7 Å². The van der Waals surface area contributed by atoms with Crippen LogP contribution in [0, 0.1) is 22.7 Å². The lowest BCUT2D eigenvalue weighted by molar-refractivity contribution is -0.255. The Hall–Kier alpha value is -0.380. The molecule has 0 bridgehead atoms. The third kappa shape index (κ3) is 3.44. The molecule has 6 unspecified atom stereocenters. The van der Waals surface area contributed by atoms with Gasteiger partial charge in [-0.15, -0.1) is 0 Å². The van der Waals surface area contributed by atoms with Gasteiger partial charge in [0.2, 0.25) is 0 Å².